The fraction of sp³-hybridized carbons (Fsp3) is 1.00. The first kappa shape index (κ1) is 12.9. The van der Waals surface area contributed by atoms with E-state index in [0.29, 0.717) is 6.61 Å². The van der Waals surface area contributed by atoms with Gasteiger partial charge in [-0.15, -0.1) is 0 Å². The van der Waals surface area contributed by atoms with Crippen molar-refractivity contribution < 1.29 is 18.0 Å². The molecule has 0 aromatic rings. The Morgan fingerprint density at radius 2 is 2.00 bits per heavy atom. The fourth-order valence-electron chi connectivity index (χ4n) is 1.50. The first-order chi connectivity index (χ1) is 7.14. The van der Waals surface area contributed by atoms with E-state index in [1.165, 1.54) is 0 Å². The molecule has 0 atom stereocenters. The molecule has 0 bridgehead atoms. The summed E-state index contributed by atoms with van der Waals surface area (Å²) in [5.74, 6) is -0.0481. The average molecular weight is 237 g/mol. The summed E-state index contributed by atoms with van der Waals surface area (Å²) in [5, 5.41) is 0. The third-order valence-corrected chi connectivity index (χ3v) is 3.40. The van der Waals surface area contributed by atoms with Gasteiger partial charge in [0.05, 0.1) is 18.5 Å². The molecule has 1 aliphatic rings. The van der Waals surface area contributed by atoms with Crippen LogP contribution in [-0.4, -0.2) is 33.5 Å². The summed E-state index contributed by atoms with van der Waals surface area (Å²) in [6, 6.07) is 0. The first-order valence-electron chi connectivity index (χ1n) is 5.37. The van der Waals surface area contributed by atoms with E-state index in [-0.39, 0.29) is 18.5 Å². The second-order valence-corrected chi connectivity index (χ2v) is 5.43. The van der Waals surface area contributed by atoms with Crippen LogP contribution in [0.5, 0.6) is 0 Å². The maximum Gasteiger partial charge on any atom is 0.235 e. The van der Waals surface area contributed by atoms with Crippen molar-refractivity contribution in [3.63, 3.8) is 0 Å². The standard InChI is InChI=1S/C9H19NO4S/c1-2-13-7-8-15(11,12)10-14-9-5-3-4-6-9/h9-10H,2-8H2,1H3. The van der Waals surface area contributed by atoms with Gasteiger partial charge in [-0.1, -0.05) is 17.7 Å². The highest BCUT2D eigenvalue weighted by atomic mass is 32.2. The zero-order valence-electron chi connectivity index (χ0n) is 9.07. The molecule has 0 aromatic heterocycles. The van der Waals surface area contributed by atoms with Gasteiger partial charge in [0.1, 0.15) is 0 Å². The Bertz CT molecular complexity index is 259. The van der Waals surface area contributed by atoms with E-state index in [9.17, 15) is 8.42 Å². The quantitative estimate of drug-likeness (QED) is 0.526. The van der Waals surface area contributed by atoms with Crippen LogP contribution in [0.25, 0.3) is 0 Å². The van der Waals surface area contributed by atoms with Crippen LogP contribution in [-0.2, 0) is 19.6 Å². The summed E-state index contributed by atoms with van der Waals surface area (Å²) in [6.45, 7) is 2.56. The molecule has 0 aliphatic heterocycles. The topological polar surface area (TPSA) is 64.6 Å². The van der Waals surface area contributed by atoms with Gasteiger partial charge in [-0.25, -0.2) is 8.42 Å². The lowest BCUT2D eigenvalue weighted by molar-refractivity contribution is 0.0219. The number of rotatable bonds is 7. The highest BCUT2D eigenvalue weighted by Crippen LogP contribution is 2.19. The lowest BCUT2D eigenvalue weighted by Crippen LogP contribution is -2.31. The number of ether oxygens (including phenoxy) is 1. The molecule has 0 aromatic carbocycles. The van der Waals surface area contributed by atoms with Crippen LogP contribution >= 0.6 is 0 Å². The van der Waals surface area contributed by atoms with Crippen molar-refractivity contribution in [1.82, 2.24) is 4.89 Å². The fourth-order valence-corrected chi connectivity index (χ4v) is 2.21. The van der Waals surface area contributed by atoms with E-state index in [2.05, 4.69) is 4.89 Å². The molecule has 0 spiro atoms. The van der Waals surface area contributed by atoms with Gasteiger partial charge in [0.2, 0.25) is 10.0 Å². The minimum absolute atomic E-state index is 0.0480. The number of hydrogen-bond acceptors (Lipinski definition) is 4. The van der Waals surface area contributed by atoms with Crippen LogP contribution in [0, 0.1) is 0 Å². The molecule has 1 fully saturated rings. The van der Waals surface area contributed by atoms with Gasteiger partial charge in [0, 0.05) is 6.61 Å². The molecule has 1 saturated carbocycles. The van der Waals surface area contributed by atoms with Gasteiger partial charge < -0.3 is 4.74 Å². The Morgan fingerprint density at radius 1 is 1.33 bits per heavy atom. The van der Waals surface area contributed by atoms with Crippen molar-refractivity contribution in [1.29, 1.82) is 0 Å². The van der Waals surface area contributed by atoms with Crippen LogP contribution in [0.15, 0.2) is 0 Å². The highest BCUT2D eigenvalue weighted by molar-refractivity contribution is 7.89. The van der Waals surface area contributed by atoms with E-state index in [4.69, 9.17) is 9.57 Å². The molecule has 0 unspecified atom stereocenters. The monoisotopic (exact) mass is 237 g/mol. The minimum Gasteiger partial charge on any atom is -0.381 e. The van der Waals surface area contributed by atoms with Crippen molar-refractivity contribution in [2.24, 2.45) is 0 Å². The molecule has 6 heteroatoms. The second-order valence-electron chi connectivity index (χ2n) is 3.62. The molecule has 0 radical (unpaired) electrons. The van der Waals surface area contributed by atoms with E-state index in [1.807, 2.05) is 6.92 Å². The van der Waals surface area contributed by atoms with Gasteiger partial charge in [-0.05, 0) is 19.8 Å². The van der Waals surface area contributed by atoms with Crippen LogP contribution in [0.1, 0.15) is 32.6 Å². The van der Waals surface area contributed by atoms with Crippen molar-refractivity contribution in [2.45, 2.75) is 38.7 Å². The predicted octanol–water partition coefficient (Wildman–Crippen LogP) is 0.816. The van der Waals surface area contributed by atoms with E-state index in [1.54, 1.807) is 0 Å². The van der Waals surface area contributed by atoms with Crippen molar-refractivity contribution in [2.75, 3.05) is 19.0 Å². The van der Waals surface area contributed by atoms with Crippen LogP contribution in [0.4, 0.5) is 0 Å². The second kappa shape index (κ2) is 6.42. The number of hydrogen-bond donors (Lipinski definition) is 1. The zero-order chi connectivity index (χ0) is 11.1. The lowest BCUT2D eigenvalue weighted by atomic mass is 10.3. The van der Waals surface area contributed by atoms with Crippen LogP contribution < -0.4 is 4.89 Å². The van der Waals surface area contributed by atoms with Crippen molar-refractivity contribution in [3.8, 4) is 0 Å². The third-order valence-electron chi connectivity index (χ3n) is 2.34. The van der Waals surface area contributed by atoms with Gasteiger partial charge in [-0.2, -0.15) is 0 Å². The molecule has 1 N–H and O–H groups in total. The van der Waals surface area contributed by atoms with Crippen LogP contribution in [0.2, 0.25) is 0 Å². The Hall–Kier alpha value is -0.170. The normalized spacial score (nSPS) is 18.5. The maximum atomic E-state index is 11.3. The van der Waals surface area contributed by atoms with E-state index >= 15 is 0 Å². The van der Waals surface area contributed by atoms with Gasteiger partial charge in [0.25, 0.3) is 0 Å². The van der Waals surface area contributed by atoms with Gasteiger partial charge in [-0.3, -0.25) is 4.84 Å². The molecule has 1 aliphatic carbocycles. The zero-order valence-corrected chi connectivity index (χ0v) is 9.88. The molecular weight excluding hydrogens is 218 g/mol. The summed E-state index contributed by atoms with van der Waals surface area (Å²) >= 11 is 0. The van der Waals surface area contributed by atoms with E-state index in [0.717, 1.165) is 25.7 Å². The first-order valence-corrected chi connectivity index (χ1v) is 7.02. The van der Waals surface area contributed by atoms with Crippen molar-refractivity contribution >= 4 is 10.0 Å². The predicted molar refractivity (Wildman–Crippen MR) is 56.8 cm³/mol. The SMILES string of the molecule is CCOCCS(=O)(=O)NOC1CCCC1. The summed E-state index contributed by atoms with van der Waals surface area (Å²) in [5.41, 5.74) is 0. The van der Waals surface area contributed by atoms with Crippen LogP contribution in [0.3, 0.4) is 0 Å². The molecule has 1 rings (SSSR count). The molecule has 0 heterocycles. The van der Waals surface area contributed by atoms with Gasteiger partial charge >= 0.3 is 0 Å². The molecule has 15 heavy (non-hydrogen) atoms. The Labute approximate surface area is 91.1 Å². The smallest absolute Gasteiger partial charge is 0.235 e. The van der Waals surface area contributed by atoms with Gasteiger partial charge in [0.15, 0.2) is 0 Å². The Balaban J connectivity index is 2.17. The third kappa shape index (κ3) is 5.46. The summed E-state index contributed by atoms with van der Waals surface area (Å²) in [4.78, 5) is 7.26. The number of sulfonamides is 1. The molecule has 0 amide bonds. The minimum atomic E-state index is -3.34. The Kier molecular flexibility index (Phi) is 5.52. The van der Waals surface area contributed by atoms with Crippen molar-refractivity contribution in [3.05, 3.63) is 0 Å². The lowest BCUT2D eigenvalue weighted by Gasteiger charge is -2.11. The summed E-state index contributed by atoms with van der Waals surface area (Å²) in [7, 11) is -3.34. The highest BCUT2D eigenvalue weighted by Gasteiger charge is 2.18. The number of nitrogens with one attached hydrogen (secondary N) is 1. The largest absolute Gasteiger partial charge is 0.381 e. The molecule has 90 valence electrons. The summed E-state index contributed by atoms with van der Waals surface area (Å²) in [6.07, 6.45) is 4.16. The summed E-state index contributed by atoms with van der Waals surface area (Å²) < 4.78 is 27.7. The van der Waals surface area contributed by atoms with E-state index < -0.39 is 10.0 Å². The molecular formula is C9H19NO4S. The molecule has 0 saturated heterocycles. The average Bonchev–Trinajstić information content (AvgIpc) is 2.68. The maximum absolute atomic E-state index is 11.3. The Morgan fingerprint density at radius 3 is 2.60 bits per heavy atom. The molecule has 5 nitrogen and oxygen atoms in total.